The molecule has 1 aliphatic carbocycles. The summed E-state index contributed by atoms with van der Waals surface area (Å²) in [5.41, 5.74) is 1.81. The Bertz CT molecular complexity index is 982. The molecule has 0 aromatic carbocycles. The van der Waals surface area contributed by atoms with E-state index in [4.69, 9.17) is 4.74 Å². The van der Waals surface area contributed by atoms with Gasteiger partial charge in [-0.2, -0.15) is 5.10 Å². The molecule has 0 spiro atoms. The first-order chi connectivity index (χ1) is 15.1. The lowest BCUT2D eigenvalue weighted by molar-refractivity contribution is 0.0142. The largest absolute Gasteiger partial charge is 0.444 e. The van der Waals surface area contributed by atoms with Crippen LogP contribution in [-0.4, -0.2) is 72.3 Å². The van der Waals surface area contributed by atoms with Gasteiger partial charge in [0.05, 0.1) is 11.3 Å². The van der Waals surface area contributed by atoms with Crippen molar-refractivity contribution in [3.63, 3.8) is 0 Å². The highest BCUT2D eigenvalue weighted by Gasteiger charge is 2.40. The van der Waals surface area contributed by atoms with Crippen molar-refractivity contribution in [3.8, 4) is 5.95 Å². The number of aromatic nitrogens is 4. The van der Waals surface area contributed by atoms with Crippen LogP contribution in [0.1, 0.15) is 68.2 Å². The van der Waals surface area contributed by atoms with Crippen LogP contribution < -0.4 is 0 Å². The molecule has 2 aromatic rings. The highest BCUT2D eigenvalue weighted by atomic mass is 16.6. The van der Waals surface area contributed by atoms with Gasteiger partial charge in [-0.3, -0.25) is 4.79 Å². The minimum Gasteiger partial charge on any atom is -0.444 e. The van der Waals surface area contributed by atoms with E-state index in [1.54, 1.807) is 22.0 Å². The average Bonchev–Trinajstić information content (AvgIpc) is 3.50. The Labute approximate surface area is 188 Å². The summed E-state index contributed by atoms with van der Waals surface area (Å²) in [4.78, 5) is 38.3. The number of likely N-dealkylation sites (tertiary alicyclic amines) is 1. The van der Waals surface area contributed by atoms with Gasteiger partial charge in [-0.05, 0) is 66.4 Å². The Morgan fingerprint density at radius 1 is 1.03 bits per heavy atom. The Morgan fingerprint density at radius 3 is 2.12 bits per heavy atom. The average molecular weight is 441 g/mol. The molecule has 0 atom stereocenters. The molecular weight excluding hydrogens is 408 g/mol. The second-order valence-electron chi connectivity index (χ2n) is 9.75. The van der Waals surface area contributed by atoms with E-state index >= 15 is 0 Å². The quantitative estimate of drug-likeness (QED) is 0.724. The molecule has 0 unspecified atom stereocenters. The summed E-state index contributed by atoms with van der Waals surface area (Å²) in [6.07, 6.45) is 6.41. The Hall–Kier alpha value is -2.97. The van der Waals surface area contributed by atoms with Gasteiger partial charge in [0.15, 0.2) is 0 Å². The maximum Gasteiger partial charge on any atom is 0.410 e. The zero-order valence-corrected chi connectivity index (χ0v) is 19.5. The van der Waals surface area contributed by atoms with E-state index < -0.39 is 5.60 Å². The third kappa shape index (κ3) is 4.92. The smallest absolute Gasteiger partial charge is 0.410 e. The minimum absolute atomic E-state index is 0.0388. The van der Waals surface area contributed by atoms with Crippen LogP contribution in [0.5, 0.6) is 0 Å². The summed E-state index contributed by atoms with van der Waals surface area (Å²) in [5.74, 6) is 0.416. The first-order valence-corrected chi connectivity index (χ1v) is 11.3. The maximum atomic E-state index is 13.4. The first kappa shape index (κ1) is 22.2. The number of nitrogens with zero attached hydrogens (tertiary/aromatic N) is 6. The van der Waals surface area contributed by atoms with Crippen LogP contribution in [0.2, 0.25) is 0 Å². The Balaban J connectivity index is 1.43. The van der Waals surface area contributed by atoms with Crippen LogP contribution in [-0.2, 0) is 4.74 Å². The molecule has 0 radical (unpaired) electrons. The predicted molar refractivity (Wildman–Crippen MR) is 119 cm³/mol. The zero-order chi connectivity index (χ0) is 23.0. The number of amides is 2. The van der Waals surface area contributed by atoms with Crippen molar-refractivity contribution in [1.82, 2.24) is 29.5 Å². The van der Waals surface area contributed by atoms with E-state index in [0.29, 0.717) is 24.6 Å². The van der Waals surface area contributed by atoms with Crippen LogP contribution >= 0.6 is 0 Å². The number of carbonyl (C=O) groups is 2. The molecule has 32 heavy (non-hydrogen) atoms. The monoisotopic (exact) mass is 440 g/mol. The molecule has 1 saturated carbocycles. The van der Waals surface area contributed by atoms with Crippen molar-refractivity contribution < 1.29 is 14.3 Å². The summed E-state index contributed by atoms with van der Waals surface area (Å²) < 4.78 is 7.17. The van der Waals surface area contributed by atoms with Gasteiger partial charge in [-0.25, -0.2) is 19.4 Å². The molecule has 3 heterocycles. The SMILES string of the molecule is Cc1cc(C)n(-c2ncc(C(=O)N(C3CC3)C3CCN(C(=O)OC(C)(C)C)CC3)cn2)n1. The minimum atomic E-state index is -0.510. The van der Waals surface area contributed by atoms with E-state index in [9.17, 15) is 9.59 Å². The number of hydrogen-bond donors (Lipinski definition) is 0. The van der Waals surface area contributed by atoms with Gasteiger partial charge in [0.25, 0.3) is 11.9 Å². The van der Waals surface area contributed by atoms with Gasteiger partial charge in [0, 0.05) is 43.3 Å². The fourth-order valence-electron chi connectivity index (χ4n) is 4.16. The molecule has 2 amide bonds. The Kier molecular flexibility index (Phi) is 5.92. The molecule has 1 aliphatic heterocycles. The van der Waals surface area contributed by atoms with E-state index in [1.807, 2.05) is 45.6 Å². The van der Waals surface area contributed by atoms with Gasteiger partial charge in [-0.1, -0.05) is 0 Å². The van der Waals surface area contributed by atoms with Crippen molar-refractivity contribution in [2.75, 3.05) is 13.1 Å². The normalized spacial score (nSPS) is 17.3. The molecule has 1 saturated heterocycles. The number of rotatable bonds is 4. The lowest BCUT2D eigenvalue weighted by Crippen LogP contribution is -2.50. The number of hydrogen-bond acceptors (Lipinski definition) is 6. The highest BCUT2D eigenvalue weighted by Crippen LogP contribution is 2.33. The molecule has 172 valence electrons. The number of carbonyl (C=O) groups excluding carboxylic acids is 2. The highest BCUT2D eigenvalue weighted by molar-refractivity contribution is 5.94. The summed E-state index contributed by atoms with van der Waals surface area (Å²) in [5, 5.41) is 4.40. The molecule has 2 aliphatic rings. The lowest BCUT2D eigenvalue weighted by atomic mass is 10.0. The maximum absolute atomic E-state index is 13.4. The summed E-state index contributed by atoms with van der Waals surface area (Å²) in [6, 6.07) is 2.32. The van der Waals surface area contributed by atoms with Crippen LogP contribution in [0.15, 0.2) is 18.5 Å². The summed E-state index contributed by atoms with van der Waals surface area (Å²) in [6.45, 7) is 10.6. The van der Waals surface area contributed by atoms with Crippen molar-refractivity contribution in [3.05, 3.63) is 35.4 Å². The number of aryl methyl sites for hydroxylation is 2. The van der Waals surface area contributed by atoms with Gasteiger partial charge < -0.3 is 14.5 Å². The predicted octanol–water partition coefficient (Wildman–Crippen LogP) is 3.28. The van der Waals surface area contributed by atoms with Crippen LogP contribution in [0.25, 0.3) is 5.95 Å². The summed E-state index contributed by atoms with van der Waals surface area (Å²) in [7, 11) is 0. The summed E-state index contributed by atoms with van der Waals surface area (Å²) >= 11 is 0. The van der Waals surface area contributed by atoms with Crippen molar-refractivity contribution in [2.45, 2.75) is 78.0 Å². The van der Waals surface area contributed by atoms with E-state index in [1.165, 1.54) is 0 Å². The van der Waals surface area contributed by atoms with Crippen molar-refractivity contribution in [1.29, 1.82) is 0 Å². The van der Waals surface area contributed by atoms with Gasteiger partial charge in [-0.15, -0.1) is 0 Å². The lowest BCUT2D eigenvalue weighted by Gasteiger charge is -2.39. The van der Waals surface area contributed by atoms with Crippen molar-refractivity contribution in [2.24, 2.45) is 0 Å². The molecule has 9 heteroatoms. The third-order valence-corrected chi connectivity index (χ3v) is 5.77. The first-order valence-electron chi connectivity index (χ1n) is 11.3. The standard InChI is InChI=1S/C23H32N6O3/c1-15-12-16(2)29(26-15)21-24-13-17(14-25-21)20(30)28(18-6-7-18)19-8-10-27(11-9-19)22(31)32-23(3,4)5/h12-14,18-19H,6-11H2,1-5H3. The van der Waals surface area contributed by atoms with E-state index in [0.717, 1.165) is 37.1 Å². The van der Waals surface area contributed by atoms with Crippen LogP contribution in [0, 0.1) is 13.8 Å². The van der Waals surface area contributed by atoms with Crippen LogP contribution in [0.3, 0.4) is 0 Å². The molecule has 0 bridgehead atoms. The van der Waals surface area contributed by atoms with Crippen LogP contribution in [0.4, 0.5) is 4.79 Å². The van der Waals surface area contributed by atoms with E-state index in [2.05, 4.69) is 15.1 Å². The zero-order valence-electron chi connectivity index (χ0n) is 19.5. The van der Waals surface area contributed by atoms with E-state index in [-0.39, 0.29) is 24.1 Å². The molecule has 9 nitrogen and oxygen atoms in total. The topological polar surface area (TPSA) is 93.5 Å². The molecular formula is C23H32N6O3. The van der Waals surface area contributed by atoms with Gasteiger partial charge in [0.1, 0.15) is 5.60 Å². The van der Waals surface area contributed by atoms with Gasteiger partial charge >= 0.3 is 6.09 Å². The number of ether oxygens (including phenoxy) is 1. The Morgan fingerprint density at radius 2 is 1.62 bits per heavy atom. The van der Waals surface area contributed by atoms with Gasteiger partial charge in [0.2, 0.25) is 0 Å². The molecule has 0 N–H and O–H groups in total. The van der Waals surface area contributed by atoms with Crippen molar-refractivity contribution >= 4 is 12.0 Å². The number of piperidine rings is 1. The fraction of sp³-hybridized carbons (Fsp3) is 0.609. The molecule has 4 rings (SSSR count). The molecule has 2 fully saturated rings. The second kappa shape index (κ2) is 8.52. The second-order valence-corrected chi connectivity index (χ2v) is 9.75. The molecule has 2 aromatic heterocycles. The third-order valence-electron chi connectivity index (χ3n) is 5.77. The fourth-order valence-corrected chi connectivity index (χ4v) is 4.16.